The Morgan fingerprint density at radius 3 is 3.24 bits per heavy atom. The molecule has 17 heavy (non-hydrogen) atoms. The molecule has 94 valence electrons. The Morgan fingerprint density at radius 1 is 1.71 bits per heavy atom. The summed E-state index contributed by atoms with van der Waals surface area (Å²) >= 11 is 1.46. The predicted molar refractivity (Wildman–Crippen MR) is 69.7 cm³/mol. The van der Waals surface area contributed by atoms with Crippen molar-refractivity contribution in [2.24, 2.45) is 5.84 Å². The number of hydrazine groups is 1. The normalized spacial score (nSPS) is 20.7. The minimum absolute atomic E-state index is 0.178. The van der Waals surface area contributed by atoms with Gasteiger partial charge >= 0.3 is 0 Å². The van der Waals surface area contributed by atoms with Crippen molar-refractivity contribution in [1.29, 1.82) is 0 Å². The molecule has 1 aromatic heterocycles. The molecule has 1 unspecified atom stereocenters. The Labute approximate surface area is 106 Å². The second-order valence-electron chi connectivity index (χ2n) is 4.42. The van der Waals surface area contributed by atoms with Crippen LogP contribution in [0.15, 0.2) is 11.4 Å². The van der Waals surface area contributed by atoms with E-state index in [1.54, 1.807) is 0 Å². The van der Waals surface area contributed by atoms with Gasteiger partial charge in [0.05, 0.1) is 4.88 Å². The van der Waals surface area contributed by atoms with E-state index in [2.05, 4.69) is 17.2 Å². The molecule has 0 radical (unpaired) electrons. The molecule has 1 saturated heterocycles. The van der Waals surface area contributed by atoms with E-state index in [1.165, 1.54) is 30.6 Å². The van der Waals surface area contributed by atoms with Crippen LogP contribution in [0.3, 0.4) is 0 Å². The lowest BCUT2D eigenvalue weighted by molar-refractivity contribution is 0.0955. The molecule has 1 aromatic rings. The quantitative estimate of drug-likeness (QED) is 0.488. The molecule has 5 heteroatoms. The largest absolute Gasteiger partial charge is 0.296 e. The number of carbonyl (C=O) groups excluding carboxylic acids is 1. The maximum Gasteiger partial charge on any atom is 0.275 e. The van der Waals surface area contributed by atoms with E-state index in [0.29, 0.717) is 6.04 Å². The average molecular weight is 253 g/mol. The Morgan fingerprint density at radius 2 is 2.53 bits per heavy atom. The van der Waals surface area contributed by atoms with Crippen LogP contribution in [-0.4, -0.2) is 23.4 Å². The van der Waals surface area contributed by atoms with Crippen LogP contribution in [0.4, 0.5) is 0 Å². The number of nitrogens with zero attached hydrogens (tertiary/aromatic N) is 1. The predicted octanol–water partition coefficient (Wildman–Crippen LogP) is 1.73. The van der Waals surface area contributed by atoms with E-state index < -0.39 is 0 Å². The number of thiophene rings is 1. The number of hydrogen-bond donors (Lipinski definition) is 2. The Bertz CT molecular complexity index is 391. The summed E-state index contributed by atoms with van der Waals surface area (Å²) in [6.45, 7) is 4.23. The van der Waals surface area contributed by atoms with Crippen molar-refractivity contribution in [1.82, 2.24) is 10.3 Å². The number of likely N-dealkylation sites (tertiary alicyclic amines) is 1. The standard InChI is InChI=1S/C12H19N3OS/c1-2-10-4-3-6-15(10)8-9-5-7-17-11(9)12(16)14-13/h5,7,10H,2-4,6,8,13H2,1H3,(H,14,16). The summed E-state index contributed by atoms with van der Waals surface area (Å²) < 4.78 is 0. The lowest BCUT2D eigenvalue weighted by Crippen LogP contribution is -2.32. The maximum atomic E-state index is 11.6. The van der Waals surface area contributed by atoms with E-state index in [0.717, 1.165) is 23.5 Å². The van der Waals surface area contributed by atoms with Crippen LogP contribution in [0.5, 0.6) is 0 Å². The van der Waals surface area contributed by atoms with E-state index in [1.807, 2.05) is 11.4 Å². The number of nitrogens with two attached hydrogens (primary N) is 1. The summed E-state index contributed by atoms with van der Waals surface area (Å²) in [7, 11) is 0. The van der Waals surface area contributed by atoms with Gasteiger partial charge in [-0.25, -0.2) is 5.84 Å². The zero-order valence-corrected chi connectivity index (χ0v) is 10.9. The lowest BCUT2D eigenvalue weighted by Gasteiger charge is -2.23. The smallest absolute Gasteiger partial charge is 0.275 e. The SMILES string of the molecule is CCC1CCCN1Cc1ccsc1C(=O)NN. The van der Waals surface area contributed by atoms with Crippen LogP contribution in [-0.2, 0) is 6.54 Å². The van der Waals surface area contributed by atoms with Gasteiger partial charge in [0.1, 0.15) is 0 Å². The first-order chi connectivity index (χ1) is 8.26. The fraction of sp³-hybridized carbons (Fsp3) is 0.583. The molecular weight excluding hydrogens is 234 g/mol. The fourth-order valence-corrected chi connectivity index (χ4v) is 3.33. The van der Waals surface area contributed by atoms with Crippen LogP contribution >= 0.6 is 11.3 Å². The Kier molecular flexibility index (Phi) is 4.15. The topological polar surface area (TPSA) is 58.4 Å². The third-order valence-electron chi connectivity index (χ3n) is 3.43. The number of carbonyl (C=O) groups is 1. The van der Waals surface area contributed by atoms with E-state index >= 15 is 0 Å². The van der Waals surface area contributed by atoms with Crippen molar-refractivity contribution in [3.8, 4) is 0 Å². The van der Waals surface area contributed by atoms with Gasteiger partial charge in [0.2, 0.25) is 0 Å². The highest BCUT2D eigenvalue weighted by molar-refractivity contribution is 7.12. The van der Waals surface area contributed by atoms with Gasteiger partial charge < -0.3 is 0 Å². The van der Waals surface area contributed by atoms with Gasteiger partial charge in [0.25, 0.3) is 5.91 Å². The molecule has 0 saturated carbocycles. The molecule has 1 atom stereocenters. The molecule has 4 nitrogen and oxygen atoms in total. The first-order valence-electron chi connectivity index (χ1n) is 6.07. The summed E-state index contributed by atoms with van der Waals surface area (Å²) in [5.41, 5.74) is 3.31. The minimum atomic E-state index is -0.178. The van der Waals surface area contributed by atoms with Crippen LogP contribution in [0.2, 0.25) is 0 Å². The van der Waals surface area contributed by atoms with Gasteiger partial charge in [-0.3, -0.25) is 15.1 Å². The first kappa shape index (κ1) is 12.5. The molecule has 0 aliphatic carbocycles. The van der Waals surface area contributed by atoms with Crippen molar-refractivity contribution in [3.05, 3.63) is 21.9 Å². The van der Waals surface area contributed by atoms with E-state index in [4.69, 9.17) is 5.84 Å². The summed E-state index contributed by atoms with van der Waals surface area (Å²) in [5, 5.41) is 1.96. The Balaban J connectivity index is 2.08. The van der Waals surface area contributed by atoms with Gasteiger partial charge in [-0.15, -0.1) is 11.3 Å². The molecule has 3 N–H and O–H groups in total. The summed E-state index contributed by atoms with van der Waals surface area (Å²) in [6.07, 6.45) is 3.72. The highest BCUT2D eigenvalue weighted by Crippen LogP contribution is 2.25. The zero-order chi connectivity index (χ0) is 12.3. The third kappa shape index (κ3) is 2.68. The second kappa shape index (κ2) is 5.62. The highest BCUT2D eigenvalue weighted by atomic mass is 32.1. The number of amides is 1. The number of rotatable bonds is 4. The molecule has 2 heterocycles. The maximum absolute atomic E-state index is 11.6. The third-order valence-corrected chi connectivity index (χ3v) is 4.38. The highest BCUT2D eigenvalue weighted by Gasteiger charge is 2.24. The second-order valence-corrected chi connectivity index (χ2v) is 5.34. The van der Waals surface area contributed by atoms with Gasteiger partial charge in [-0.2, -0.15) is 0 Å². The van der Waals surface area contributed by atoms with E-state index in [9.17, 15) is 4.79 Å². The molecular formula is C12H19N3OS. The fourth-order valence-electron chi connectivity index (χ4n) is 2.51. The minimum Gasteiger partial charge on any atom is -0.296 e. The molecule has 1 aliphatic heterocycles. The molecule has 1 amide bonds. The molecule has 2 rings (SSSR count). The van der Waals surface area contributed by atoms with E-state index in [-0.39, 0.29) is 5.91 Å². The summed E-state index contributed by atoms with van der Waals surface area (Å²) in [6, 6.07) is 2.70. The summed E-state index contributed by atoms with van der Waals surface area (Å²) in [4.78, 5) is 14.8. The first-order valence-corrected chi connectivity index (χ1v) is 6.95. The van der Waals surface area contributed by atoms with Crippen molar-refractivity contribution in [2.45, 2.75) is 38.8 Å². The molecule has 0 bridgehead atoms. The number of nitrogens with one attached hydrogen (secondary N) is 1. The monoisotopic (exact) mass is 253 g/mol. The van der Waals surface area contributed by atoms with Gasteiger partial charge in [-0.05, 0) is 42.8 Å². The molecule has 1 fully saturated rings. The van der Waals surface area contributed by atoms with Crippen molar-refractivity contribution < 1.29 is 4.79 Å². The van der Waals surface area contributed by atoms with Crippen LogP contribution in [0.1, 0.15) is 41.4 Å². The van der Waals surface area contributed by atoms with Crippen LogP contribution < -0.4 is 11.3 Å². The van der Waals surface area contributed by atoms with Crippen molar-refractivity contribution >= 4 is 17.2 Å². The Hall–Kier alpha value is -0.910. The molecule has 1 aliphatic rings. The summed E-state index contributed by atoms with van der Waals surface area (Å²) in [5.74, 6) is 5.01. The molecule has 0 spiro atoms. The lowest BCUT2D eigenvalue weighted by atomic mass is 10.1. The average Bonchev–Trinajstić information content (AvgIpc) is 2.97. The number of nitrogen functional groups attached to an aromatic ring is 1. The van der Waals surface area contributed by atoms with Gasteiger partial charge in [0.15, 0.2) is 0 Å². The molecule has 0 aromatic carbocycles. The van der Waals surface area contributed by atoms with Crippen LogP contribution in [0.25, 0.3) is 0 Å². The van der Waals surface area contributed by atoms with Gasteiger partial charge in [-0.1, -0.05) is 6.92 Å². The van der Waals surface area contributed by atoms with Crippen molar-refractivity contribution in [3.63, 3.8) is 0 Å². The van der Waals surface area contributed by atoms with Crippen LogP contribution in [0, 0.1) is 0 Å². The van der Waals surface area contributed by atoms with Crippen molar-refractivity contribution in [2.75, 3.05) is 6.54 Å². The van der Waals surface area contributed by atoms with Gasteiger partial charge in [0, 0.05) is 12.6 Å². The number of hydrogen-bond acceptors (Lipinski definition) is 4. The zero-order valence-electron chi connectivity index (χ0n) is 10.1.